The molecule has 2 rings (SSSR count). The van der Waals surface area contributed by atoms with Gasteiger partial charge in [-0.25, -0.2) is 0 Å². The maximum Gasteiger partial charge on any atom is 0.204 e. The Labute approximate surface area is 136 Å². The van der Waals surface area contributed by atoms with Crippen molar-refractivity contribution in [1.82, 2.24) is 0 Å². The molecule has 123 valence electrons. The van der Waals surface area contributed by atoms with Crippen molar-refractivity contribution in [2.45, 2.75) is 114 Å². The van der Waals surface area contributed by atoms with E-state index in [1.165, 1.54) is 70.6 Å². The molecule has 2 aliphatic rings. The Bertz CT molecular complexity index is 276. The van der Waals surface area contributed by atoms with Gasteiger partial charge in [0.25, 0.3) is 0 Å². The fourth-order valence-corrected chi connectivity index (χ4v) is 12.3. The van der Waals surface area contributed by atoms with Crippen LogP contribution in [-0.4, -0.2) is 17.4 Å². The average molecular weight is 326 g/mol. The lowest BCUT2D eigenvalue weighted by Gasteiger charge is -2.42. The highest BCUT2D eigenvalue weighted by molar-refractivity contribution is 6.80. The van der Waals surface area contributed by atoms with Gasteiger partial charge in [0.1, 0.15) is 0 Å². The molecule has 0 heterocycles. The van der Waals surface area contributed by atoms with E-state index in [1.807, 2.05) is 0 Å². The number of hydrogen-bond acceptors (Lipinski definition) is 1. The molecule has 1 unspecified atom stereocenters. The van der Waals surface area contributed by atoms with Gasteiger partial charge in [-0.2, -0.15) is 0 Å². The first-order chi connectivity index (χ1) is 10.0. The largest absolute Gasteiger partial charge is 0.455 e. The molecule has 2 saturated carbocycles. The summed E-state index contributed by atoms with van der Waals surface area (Å²) >= 11 is 0. The maximum atomic E-state index is 7.11. The average Bonchev–Trinajstić information content (AvgIpc) is 2.53. The summed E-state index contributed by atoms with van der Waals surface area (Å²) in [7, 11) is -2.09. The zero-order valence-electron chi connectivity index (χ0n) is 14.9. The van der Waals surface area contributed by atoms with Crippen molar-refractivity contribution in [2.75, 3.05) is 0 Å². The fraction of sp³-hybridized carbons (Fsp3) is 1.00. The van der Waals surface area contributed by atoms with Gasteiger partial charge < -0.3 is 4.12 Å². The Morgan fingerprint density at radius 1 is 0.905 bits per heavy atom. The Morgan fingerprint density at radius 3 is 1.71 bits per heavy atom. The lowest BCUT2D eigenvalue weighted by molar-refractivity contribution is 0.399. The molecule has 2 fully saturated rings. The van der Waals surface area contributed by atoms with Crippen LogP contribution < -0.4 is 0 Å². The summed E-state index contributed by atoms with van der Waals surface area (Å²) in [5, 5.41) is 0. The predicted molar refractivity (Wildman–Crippen MR) is 97.7 cm³/mol. The van der Waals surface area contributed by atoms with E-state index in [4.69, 9.17) is 4.12 Å². The van der Waals surface area contributed by atoms with Gasteiger partial charge >= 0.3 is 0 Å². The summed E-state index contributed by atoms with van der Waals surface area (Å²) in [5.74, 6) is 0. The van der Waals surface area contributed by atoms with E-state index in [0.717, 1.165) is 16.6 Å². The second-order valence-electron chi connectivity index (χ2n) is 8.09. The Morgan fingerprint density at radius 2 is 1.33 bits per heavy atom. The Hall–Kier alpha value is 0.394. The standard InChI is InChI=1S/C18H37OSi2/c1-5-16(2)21(3,4)19-20(17-12-8-6-9-13-17)18-14-10-7-11-15-18/h16-18H,5-15H2,1-4H3. The maximum absolute atomic E-state index is 7.11. The molecule has 0 saturated heterocycles. The van der Waals surface area contributed by atoms with Crippen molar-refractivity contribution in [3.63, 3.8) is 0 Å². The molecule has 0 aromatic carbocycles. The smallest absolute Gasteiger partial charge is 0.204 e. The van der Waals surface area contributed by atoms with Crippen LogP contribution in [0.3, 0.4) is 0 Å². The molecule has 0 bridgehead atoms. The molecule has 0 N–H and O–H groups in total. The molecule has 3 heteroatoms. The van der Waals surface area contributed by atoms with E-state index in [9.17, 15) is 0 Å². The monoisotopic (exact) mass is 325 g/mol. The topological polar surface area (TPSA) is 9.23 Å². The second-order valence-corrected chi connectivity index (χ2v) is 15.5. The van der Waals surface area contributed by atoms with Gasteiger partial charge in [0.2, 0.25) is 9.04 Å². The highest BCUT2D eigenvalue weighted by atomic mass is 28.4. The van der Waals surface area contributed by atoms with Crippen LogP contribution in [-0.2, 0) is 4.12 Å². The third-order valence-electron chi connectivity index (χ3n) is 6.20. The van der Waals surface area contributed by atoms with Crippen molar-refractivity contribution < 1.29 is 4.12 Å². The van der Waals surface area contributed by atoms with Crippen LogP contribution in [0.2, 0.25) is 29.7 Å². The summed E-state index contributed by atoms with van der Waals surface area (Å²) in [6.45, 7) is 9.78. The lowest BCUT2D eigenvalue weighted by Crippen LogP contribution is -2.46. The molecule has 1 atom stereocenters. The highest BCUT2D eigenvalue weighted by Gasteiger charge is 2.40. The van der Waals surface area contributed by atoms with Crippen LogP contribution in [0.5, 0.6) is 0 Å². The van der Waals surface area contributed by atoms with Gasteiger partial charge in [0, 0.05) is 0 Å². The van der Waals surface area contributed by atoms with E-state index in [1.54, 1.807) is 0 Å². The van der Waals surface area contributed by atoms with Crippen LogP contribution in [0.4, 0.5) is 0 Å². The molecule has 1 radical (unpaired) electrons. The van der Waals surface area contributed by atoms with E-state index in [0.29, 0.717) is 0 Å². The van der Waals surface area contributed by atoms with Gasteiger partial charge in [0.05, 0.1) is 0 Å². The molecular formula is C18H37OSi2. The normalized spacial score (nSPS) is 24.4. The van der Waals surface area contributed by atoms with Crippen molar-refractivity contribution in [3.8, 4) is 0 Å². The molecule has 1 nitrogen and oxygen atoms in total. The summed E-state index contributed by atoms with van der Waals surface area (Å²) < 4.78 is 7.11. The highest BCUT2D eigenvalue weighted by Crippen LogP contribution is 2.43. The minimum absolute atomic E-state index is 0.596. The summed E-state index contributed by atoms with van der Waals surface area (Å²) in [5.41, 5.74) is 2.76. The molecule has 21 heavy (non-hydrogen) atoms. The minimum Gasteiger partial charge on any atom is -0.455 e. The third kappa shape index (κ3) is 4.93. The molecule has 0 aromatic rings. The second kappa shape index (κ2) is 8.30. The van der Waals surface area contributed by atoms with Gasteiger partial charge in [-0.15, -0.1) is 0 Å². The quantitative estimate of drug-likeness (QED) is 0.496. The van der Waals surface area contributed by atoms with E-state index < -0.39 is 17.4 Å². The van der Waals surface area contributed by atoms with Crippen LogP contribution in [0.15, 0.2) is 0 Å². The summed E-state index contributed by atoms with van der Waals surface area (Å²) in [4.78, 5) is 0. The van der Waals surface area contributed by atoms with Gasteiger partial charge in [-0.05, 0) is 29.7 Å². The van der Waals surface area contributed by atoms with Crippen molar-refractivity contribution in [3.05, 3.63) is 0 Å². The van der Waals surface area contributed by atoms with Crippen molar-refractivity contribution in [2.24, 2.45) is 0 Å². The van der Waals surface area contributed by atoms with Gasteiger partial charge in [-0.1, -0.05) is 84.5 Å². The van der Waals surface area contributed by atoms with Gasteiger partial charge in [0.15, 0.2) is 8.32 Å². The Balaban J connectivity index is 2.06. The number of hydrogen-bond donors (Lipinski definition) is 0. The van der Waals surface area contributed by atoms with E-state index in [-0.39, 0.29) is 0 Å². The molecule has 2 aliphatic carbocycles. The molecule has 0 aliphatic heterocycles. The molecule has 0 aromatic heterocycles. The first-order valence-corrected chi connectivity index (χ1v) is 14.1. The number of rotatable bonds is 6. The van der Waals surface area contributed by atoms with Crippen LogP contribution in [0, 0.1) is 0 Å². The van der Waals surface area contributed by atoms with Gasteiger partial charge in [-0.3, -0.25) is 0 Å². The molecular weight excluding hydrogens is 288 g/mol. The molecule has 0 amide bonds. The fourth-order valence-electron chi connectivity index (χ4n) is 4.17. The van der Waals surface area contributed by atoms with Crippen molar-refractivity contribution in [1.29, 1.82) is 0 Å². The zero-order valence-corrected chi connectivity index (χ0v) is 16.9. The summed E-state index contributed by atoms with van der Waals surface area (Å²) in [6, 6.07) is 0. The molecule has 0 spiro atoms. The summed E-state index contributed by atoms with van der Waals surface area (Å²) in [6.07, 6.45) is 16.1. The SMILES string of the molecule is CCC(C)[Si](C)(C)O[Si](C1CCCCC1)C1CCCCC1. The van der Waals surface area contributed by atoms with Crippen LogP contribution in [0.25, 0.3) is 0 Å². The van der Waals surface area contributed by atoms with Crippen LogP contribution in [0.1, 0.15) is 84.5 Å². The zero-order chi connectivity index (χ0) is 15.3. The van der Waals surface area contributed by atoms with E-state index >= 15 is 0 Å². The van der Waals surface area contributed by atoms with Crippen LogP contribution >= 0.6 is 0 Å². The third-order valence-corrected chi connectivity index (χ3v) is 14.8. The lowest BCUT2D eigenvalue weighted by atomic mass is 9.99. The minimum atomic E-state index is -1.49. The van der Waals surface area contributed by atoms with E-state index in [2.05, 4.69) is 26.9 Å². The van der Waals surface area contributed by atoms with Crippen molar-refractivity contribution >= 4 is 17.4 Å². The predicted octanol–water partition coefficient (Wildman–Crippen LogP) is 6.67. The Kier molecular flexibility index (Phi) is 7.02. The first-order valence-electron chi connectivity index (χ1n) is 9.60. The first kappa shape index (κ1) is 17.7.